The molecule has 2 heterocycles. The Kier molecular flexibility index (Phi) is 5.33. The van der Waals surface area contributed by atoms with Gasteiger partial charge in [-0.3, -0.25) is 4.99 Å². The van der Waals surface area contributed by atoms with Crippen molar-refractivity contribution in [3.05, 3.63) is 54.1 Å². The molecule has 31 heavy (non-hydrogen) atoms. The van der Waals surface area contributed by atoms with E-state index in [1.54, 1.807) is 4.90 Å². The van der Waals surface area contributed by atoms with Crippen molar-refractivity contribution in [1.82, 2.24) is 4.90 Å². The largest absolute Gasteiger partial charge is 0.370 e. The molecule has 0 aromatic heterocycles. The van der Waals surface area contributed by atoms with Crippen molar-refractivity contribution < 1.29 is 13.6 Å². The van der Waals surface area contributed by atoms with Gasteiger partial charge in [-0.05, 0) is 57.9 Å². The van der Waals surface area contributed by atoms with Gasteiger partial charge in [-0.2, -0.15) is 0 Å². The molecule has 4 rings (SSSR count). The van der Waals surface area contributed by atoms with Crippen LogP contribution in [-0.4, -0.2) is 40.9 Å². The maximum Gasteiger partial charge on any atom is 0.322 e. The molecule has 1 atom stereocenters. The second-order valence-corrected chi connectivity index (χ2v) is 9.09. The van der Waals surface area contributed by atoms with Gasteiger partial charge in [0.05, 0.1) is 29.1 Å². The number of amidine groups is 1. The molecule has 1 saturated heterocycles. The van der Waals surface area contributed by atoms with Crippen molar-refractivity contribution >= 4 is 28.9 Å². The summed E-state index contributed by atoms with van der Waals surface area (Å²) in [6.07, 6.45) is 1.54. The lowest BCUT2D eigenvalue weighted by molar-refractivity contribution is 0.186. The van der Waals surface area contributed by atoms with E-state index < -0.39 is 23.2 Å². The summed E-state index contributed by atoms with van der Waals surface area (Å²) in [5.41, 5.74) is 0.937. The average molecular weight is 427 g/mol. The summed E-state index contributed by atoms with van der Waals surface area (Å²) in [6.45, 7) is 6.97. The monoisotopic (exact) mass is 427 g/mol. The summed E-state index contributed by atoms with van der Waals surface area (Å²) in [7, 11) is 0. The van der Waals surface area contributed by atoms with Crippen molar-refractivity contribution in [2.45, 2.75) is 44.7 Å². The molecule has 2 amide bonds. The lowest BCUT2D eigenvalue weighted by atomic mass is 9.85. The van der Waals surface area contributed by atoms with E-state index in [0.717, 1.165) is 42.2 Å². The number of likely N-dealkylation sites (tertiary alicyclic amines) is 1. The van der Waals surface area contributed by atoms with E-state index in [9.17, 15) is 13.6 Å². The minimum absolute atomic E-state index is 0.0466. The first kappa shape index (κ1) is 21.1. The highest BCUT2D eigenvalue weighted by Gasteiger charge is 2.45. The van der Waals surface area contributed by atoms with Crippen molar-refractivity contribution in [2.75, 3.05) is 29.0 Å². The predicted octanol–water partition coefficient (Wildman–Crippen LogP) is 5.07. The Bertz CT molecular complexity index is 1030. The number of urea groups is 1. The number of nitrogens with zero attached hydrogens (tertiary/aromatic N) is 2. The highest BCUT2D eigenvalue weighted by atomic mass is 19.1. The molecule has 6 nitrogen and oxygen atoms in total. The minimum atomic E-state index is -0.804. The van der Waals surface area contributed by atoms with Crippen LogP contribution in [0.4, 0.5) is 30.6 Å². The van der Waals surface area contributed by atoms with Crippen molar-refractivity contribution in [3.8, 4) is 0 Å². The smallest absolute Gasteiger partial charge is 0.322 e. The Balaban J connectivity index is 1.62. The van der Waals surface area contributed by atoms with Crippen LogP contribution in [0.3, 0.4) is 0 Å². The normalized spacial score (nSPS) is 22.0. The number of halogens is 2. The number of carbonyl (C=O) groups excluding carboxylic acids is 1. The molecule has 2 aromatic carbocycles. The average Bonchev–Trinajstić information content (AvgIpc) is 2.70. The molecule has 2 aliphatic rings. The third kappa shape index (κ3) is 4.47. The number of para-hydroxylation sites is 2. The molecule has 0 unspecified atom stereocenters. The summed E-state index contributed by atoms with van der Waals surface area (Å²) in [5, 5.41) is 9.65. The van der Waals surface area contributed by atoms with Crippen LogP contribution in [0, 0.1) is 11.6 Å². The van der Waals surface area contributed by atoms with Gasteiger partial charge in [0, 0.05) is 12.6 Å². The number of amides is 2. The Morgan fingerprint density at radius 3 is 2.61 bits per heavy atom. The number of aliphatic imine (C=N–C) groups is 1. The fraction of sp³-hybridized carbons (Fsp3) is 0.391. The lowest BCUT2D eigenvalue weighted by Gasteiger charge is -2.47. The minimum Gasteiger partial charge on any atom is -0.370 e. The van der Waals surface area contributed by atoms with Crippen LogP contribution < -0.4 is 16.0 Å². The second-order valence-electron chi connectivity index (χ2n) is 9.09. The molecule has 8 heteroatoms. The van der Waals surface area contributed by atoms with Gasteiger partial charge < -0.3 is 20.9 Å². The van der Waals surface area contributed by atoms with Gasteiger partial charge in [-0.25, -0.2) is 13.6 Å². The Morgan fingerprint density at radius 2 is 1.90 bits per heavy atom. The van der Waals surface area contributed by atoms with Crippen molar-refractivity contribution in [2.24, 2.45) is 4.99 Å². The number of carbonyl (C=O) groups is 1. The van der Waals surface area contributed by atoms with E-state index in [-0.39, 0.29) is 11.2 Å². The van der Waals surface area contributed by atoms with E-state index in [0.29, 0.717) is 13.1 Å². The lowest BCUT2D eigenvalue weighted by Crippen LogP contribution is -2.63. The SMILES string of the molecule is CC(C)(C)N=C1Nc2ccccc2N[C@]12CCCN(C(=O)Nc1ccc(F)cc1F)C2. The summed E-state index contributed by atoms with van der Waals surface area (Å²) in [4.78, 5) is 19.5. The molecule has 2 aliphatic heterocycles. The predicted molar refractivity (Wildman–Crippen MR) is 120 cm³/mol. The number of nitrogens with one attached hydrogen (secondary N) is 3. The van der Waals surface area contributed by atoms with E-state index in [1.807, 2.05) is 45.0 Å². The van der Waals surface area contributed by atoms with E-state index in [1.165, 1.54) is 6.07 Å². The van der Waals surface area contributed by atoms with Gasteiger partial charge in [0.1, 0.15) is 23.0 Å². The zero-order valence-electron chi connectivity index (χ0n) is 17.9. The van der Waals surface area contributed by atoms with Crippen LogP contribution in [0.1, 0.15) is 33.6 Å². The molecule has 0 bridgehead atoms. The first-order valence-electron chi connectivity index (χ1n) is 10.4. The second kappa shape index (κ2) is 7.83. The molecule has 3 N–H and O–H groups in total. The molecule has 1 spiro atoms. The fourth-order valence-electron chi connectivity index (χ4n) is 4.05. The third-order valence-electron chi connectivity index (χ3n) is 5.41. The van der Waals surface area contributed by atoms with Crippen LogP contribution in [0.25, 0.3) is 0 Å². The Labute approximate surface area is 180 Å². The molecule has 2 aromatic rings. The van der Waals surface area contributed by atoms with Gasteiger partial charge in [0.2, 0.25) is 0 Å². The highest BCUT2D eigenvalue weighted by Crippen LogP contribution is 2.37. The third-order valence-corrected chi connectivity index (χ3v) is 5.41. The summed E-state index contributed by atoms with van der Waals surface area (Å²) in [5.74, 6) is -0.711. The maximum absolute atomic E-state index is 14.0. The van der Waals surface area contributed by atoms with Gasteiger partial charge in [-0.15, -0.1) is 0 Å². The van der Waals surface area contributed by atoms with Gasteiger partial charge >= 0.3 is 6.03 Å². The number of hydrogen-bond acceptors (Lipinski definition) is 3. The van der Waals surface area contributed by atoms with Gasteiger partial charge in [-0.1, -0.05) is 12.1 Å². The number of anilines is 3. The number of benzene rings is 2. The first-order valence-corrected chi connectivity index (χ1v) is 10.4. The van der Waals surface area contributed by atoms with Crippen LogP contribution in [0.2, 0.25) is 0 Å². The maximum atomic E-state index is 14.0. The van der Waals surface area contributed by atoms with Gasteiger partial charge in [0.15, 0.2) is 0 Å². The molecular formula is C23H27F2N5O. The highest BCUT2D eigenvalue weighted by molar-refractivity contribution is 6.10. The Hall–Kier alpha value is -3.16. The molecule has 0 aliphatic carbocycles. The number of hydrogen-bond donors (Lipinski definition) is 3. The molecule has 164 valence electrons. The molecule has 0 radical (unpaired) electrons. The topological polar surface area (TPSA) is 68.8 Å². The van der Waals surface area contributed by atoms with Crippen LogP contribution in [0.5, 0.6) is 0 Å². The molecule has 1 fully saturated rings. The van der Waals surface area contributed by atoms with Crippen molar-refractivity contribution in [3.63, 3.8) is 0 Å². The summed E-state index contributed by atoms with van der Waals surface area (Å²) >= 11 is 0. The molecular weight excluding hydrogens is 400 g/mol. The van der Waals surface area contributed by atoms with Gasteiger partial charge in [0.25, 0.3) is 0 Å². The zero-order valence-corrected chi connectivity index (χ0v) is 17.9. The van der Waals surface area contributed by atoms with E-state index >= 15 is 0 Å². The summed E-state index contributed by atoms with van der Waals surface area (Å²) < 4.78 is 27.2. The number of fused-ring (bicyclic) bond motifs is 1. The van der Waals surface area contributed by atoms with E-state index in [4.69, 9.17) is 4.99 Å². The quantitative estimate of drug-likeness (QED) is 0.595. The van der Waals surface area contributed by atoms with Crippen LogP contribution in [-0.2, 0) is 0 Å². The standard InChI is InChI=1S/C23H27F2N5O/c1-22(2,3)29-20-23(28-19-8-5-4-7-18(19)26-20)11-6-12-30(14-23)21(31)27-17-10-9-15(24)13-16(17)25/h4-5,7-10,13,28H,6,11-12,14H2,1-3H3,(H,26,29)(H,27,31)/t23-/m0/s1. The fourth-order valence-corrected chi connectivity index (χ4v) is 4.05. The van der Waals surface area contributed by atoms with Crippen LogP contribution in [0.15, 0.2) is 47.5 Å². The Morgan fingerprint density at radius 1 is 1.16 bits per heavy atom. The zero-order chi connectivity index (χ0) is 22.2. The van der Waals surface area contributed by atoms with Crippen molar-refractivity contribution in [1.29, 1.82) is 0 Å². The summed E-state index contributed by atoms with van der Waals surface area (Å²) in [6, 6.07) is 10.6. The molecule has 0 saturated carbocycles. The number of rotatable bonds is 1. The number of piperidine rings is 1. The van der Waals surface area contributed by atoms with E-state index in [2.05, 4.69) is 16.0 Å². The first-order chi connectivity index (χ1) is 14.7. The van der Waals surface area contributed by atoms with Crippen LogP contribution >= 0.6 is 0 Å².